The second-order valence-electron chi connectivity index (χ2n) is 7.15. The summed E-state index contributed by atoms with van der Waals surface area (Å²) in [6.07, 6.45) is 2.06. The Morgan fingerprint density at radius 1 is 1.14 bits per heavy atom. The highest BCUT2D eigenvalue weighted by atomic mass is 16.6. The van der Waals surface area contributed by atoms with Crippen LogP contribution in [-0.2, 0) is 4.79 Å². The zero-order chi connectivity index (χ0) is 21.0. The molecule has 0 saturated carbocycles. The minimum atomic E-state index is -0.495. The molecule has 1 atom stereocenters. The molecule has 0 radical (unpaired) electrons. The second-order valence-corrected chi connectivity index (χ2v) is 7.15. The lowest BCUT2D eigenvalue weighted by atomic mass is 10.1. The predicted octanol–water partition coefficient (Wildman–Crippen LogP) is 3.64. The molecule has 1 heterocycles. The van der Waals surface area contributed by atoms with Gasteiger partial charge in [0.2, 0.25) is 5.91 Å². The molecule has 3 rings (SSSR count). The summed E-state index contributed by atoms with van der Waals surface area (Å²) in [7, 11) is 0. The van der Waals surface area contributed by atoms with E-state index in [4.69, 9.17) is 0 Å². The van der Waals surface area contributed by atoms with Gasteiger partial charge in [0, 0.05) is 37.8 Å². The van der Waals surface area contributed by atoms with Crippen LogP contribution in [0.1, 0.15) is 48.7 Å². The highest BCUT2D eigenvalue weighted by Gasteiger charge is 2.23. The zero-order valence-electron chi connectivity index (χ0n) is 16.5. The highest BCUT2D eigenvalue weighted by Crippen LogP contribution is 2.29. The fourth-order valence-corrected chi connectivity index (χ4v) is 3.50. The summed E-state index contributed by atoms with van der Waals surface area (Å²) >= 11 is 0. The average Bonchev–Trinajstić information content (AvgIpc) is 3.21. The molecule has 0 spiro atoms. The Balaban J connectivity index is 1.84. The van der Waals surface area contributed by atoms with E-state index < -0.39 is 4.92 Å². The van der Waals surface area contributed by atoms with E-state index in [9.17, 15) is 19.7 Å². The number of benzene rings is 2. The maximum atomic E-state index is 13.0. The van der Waals surface area contributed by atoms with Crippen molar-refractivity contribution in [3.8, 4) is 0 Å². The Morgan fingerprint density at radius 2 is 1.86 bits per heavy atom. The molecular formula is C21H24N4O4. The van der Waals surface area contributed by atoms with Crippen LogP contribution in [0.15, 0.2) is 42.5 Å². The van der Waals surface area contributed by atoms with E-state index in [0.29, 0.717) is 16.9 Å². The SMILES string of the molecule is CC(=O)Nc1cccc(C(C)NC(=O)c2cc([N+](=O)[O-])ccc2N2CCCC2)c1. The van der Waals surface area contributed by atoms with Gasteiger partial charge in [-0.2, -0.15) is 0 Å². The van der Waals surface area contributed by atoms with Crippen LogP contribution in [0.2, 0.25) is 0 Å². The van der Waals surface area contributed by atoms with Gasteiger partial charge >= 0.3 is 0 Å². The summed E-state index contributed by atoms with van der Waals surface area (Å²) < 4.78 is 0. The minimum Gasteiger partial charge on any atom is -0.371 e. The molecule has 0 aromatic heterocycles. The molecule has 1 unspecified atom stereocenters. The van der Waals surface area contributed by atoms with E-state index in [1.165, 1.54) is 19.1 Å². The van der Waals surface area contributed by atoms with Crippen LogP contribution < -0.4 is 15.5 Å². The van der Waals surface area contributed by atoms with Crippen LogP contribution >= 0.6 is 0 Å². The number of non-ortho nitro benzene ring substituents is 1. The quantitative estimate of drug-likeness (QED) is 0.573. The summed E-state index contributed by atoms with van der Waals surface area (Å²) in [5, 5.41) is 16.8. The number of amides is 2. The van der Waals surface area contributed by atoms with Crippen LogP contribution in [0.25, 0.3) is 0 Å². The molecule has 8 heteroatoms. The molecule has 0 bridgehead atoms. The van der Waals surface area contributed by atoms with E-state index in [1.807, 2.05) is 13.0 Å². The number of hydrogen-bond acceptors (Lipinski definition) is 5. The third-order valence-electron chi connectivity index (χ3n) is 4.94. The molecule has 2 N–H and O–H groups in total. The van der Waals surface area contributed by atoms with Gasteiger partial charge in [-0.15, -0.1) is 0 Å². The highest BCUT2D eigenvalue weighted by molar-refractivity contribution is 6.00. The molecule has 2 amide bonds. The molecule has 1 aliphatic rings. The maximum Gasteiger partial charge on any atom is 0.270 e. The molecule has 0 aliphatic carbocycles. The third kappa shape index (κ3) is 4.90. The molecule has 152 valence electrons. The molecular weight excluding hydrogens is 372 g/mol. The van der Waals surface area contributed by atoms with Crippen molar-refractivity contribution in [1.82, 2.24) is 5.32 Å². The number of nitrogens with zero attached hydrogens (tertiary/aromatic N) is 2. The van der Waals surface area contributed by atoms with E-state index in [-0.39, 0.29) is 23.5 Å². The van der Waals surface area contributed by atoms with E-state index >= 15 is 0 Å². The van der Waals surface area contributed by atoms with Crippen molar-refractivity contribution in [3.05, 3.63) is 63.7 Å². The first-order chi connectivity index (χ1) is 13.8. The Bertz CT molecular complexity index is 938. The van der Waals surface area contributed by atoms with Crippen molar-refractivity contribution < 1.29 is 14.5 Å². The maximum absolute atomic E-state index is 13.0. The largest absolute Gasteiger partial charge is 0.371 e. The third-order valence-corrected chi connectivity index (χ3v) is 4.94. The van der Waals surface area contributed by atoms with E-state index in [0.717, 1.165) is 31.5 Å². The topological polar surface area (TPSA) is 105 Å². The van der Waals surface area contributed by atoms with Gasteiger partial charge in [0.15, 0.2) is 0 Å². The smallest absolute Gasteiger partial charge is 0.270 e. The first-order valence-corrected chi connectivity index (χ1v) is 9.57. The van der Waals surface area contributed by atoms with Crippen LogP contribution in [0.5, 0.6) is 0 Å². The summed E-state index contributed by atoms with van der Waals surface area (Å²) in [5.41, 5.74) is 2.36. The van der Waals surface area contributed by atoms with Crippen LogP contribution in [0, 0.1) is 10.1 Å². The summed E-state index contributed by atoms with van der Waals surface area (Å²) in [5.74, 6) is -0.543. The molecule has 2 aromatic rings. The Labute approximate surface area is 169 Å². The van der Waals surface area contributed by atoms with Gasteiger partial charge in [0.05, 0.1) is 22.2 Å². The number of nitro benzene ring substituents is 1. The number of rotatable bonds is 6. The first-order valence-electron chi connectivity index (χ1n) is 9.57. The van der Waals surface area contributed by atoms with Gasteiger partial charge in [-0.1, -0.05) is 12.1 Å². The Kier molecular flexibility index (Phi) is 6.11. The zero-order valence-corrected chi connectivity index (χ0v) is 16.5. The number of anilines is 2. The summed E-state index contributed by atoms with van der Waals surface area (Å²) in [6, 6.07) is 11.3. The van der Waals surface area contributed by atoms with E-state index in [2.05, 4.69) is 15.5 Å². The predicted molar refractivity (Wildman–Crippen MR) is 111 cm³/mol. The van der Waals surface area contributed by atoms with Crippen LogP contribution in [0.3, 0.4) is 0 Å². The lowest BCUT2D eigenvalue weighted by molar-refractivity contribution is -0.384. The van der Waals surface area contributed by atoms with Crippen molar-refractivity contribution in [2.45, 2.75) is 32.7 Å². The number of nitrogens with one attached hydrogen (secondary N) is 2. The van der Waals surface area contributed by atoms with Crippen molar-refractivity contribution in [2.75, 3.05) is 23.3 Å². The first kappa shape index (κ1) is 20.3. The Hall–Kier alpha value is -3.42. The molecule has 1 saturated heterocycles. The number of carbonyl (C=O) groups is 2. The van der Waals surface area contributed by atoms with Crippen molar-refractivity contribution >= 4 is 28.9 Å². The molecule has 2 aromatic carbocycles. The molecule has 1 fully saturated rings. The van der Waals surface area contributed by atoms with Gasteiger partial charge in [0.1, 0.15) is 0 Å². The van der Waals surface area contributed by atoms with Crippen LogP contribution in [-0.4, -0.2) is 29.8 Å². The van der Waals surface area contributed by atoms with E-state index in [1.54, 1.807) is 24.3 Å². The van der Waals surface area contributed by atoms with Gasteiger partial charge in [0.25, 0.3) is 11.6 Å². The number of hydrogen-bond donors (Lipinski definition) is 2. The summed E-state index contributed by atoms with van der Waals surface area (Å²) in [4.78, 5) is 37.1. The summed E-state index contributed by atoms with van der Waals surface area (Å²) in [6.45, 7) is 4.91. The second kappa shape index (κ2) is 8.72. The fraction of sp³-hybridized carbons (Fsp3) is 0.333. The normalized spacial score (nSPS) is 14.3. The molecule has 1 aliphatic heterocycles. The molecule has 29 heavy (non-hydrogen) atoms. The van der Waals surface area contributed by atoms with Crippen molar-refractivity contribution in [3.63, 3.8) is 0 Å². The van der Waals surface area contributed by atoms with Crippen molar-refractivity contribution in [1.29, 1.82) is 0 Å². The lowest BCUT2D eigenvalue weighted by Crippen LogP contribution is -2.29. The Morgan fingerprint density at radius 3 is 2.52 bits per heavy atom. The number of nitro groups is 1. The fourth-order valence-electron chi connectivity index (χ4n) is 3.50. The van der Waals surface area contributed by atoms with Crippen molar-refractivity contribution in [2.24, 2.45) is 0 Å². The lowest BCUT2D eigenvalue weighted by Gasteiger charge is -2.22. The minimum absolute atomic E-state index is 0.113. The monoisotopic (exact) mass is 396 g/mol. The van der Waals surface area contributed by atoms with Gasteiger partial charge < -0.3 is 15.5 Å². The molecule has 8 nitrogen and oxygen atoms in total. The number of carbonyl (C=O) groups excluding carboxylic acids is 2. The van der Waals surface area contributed by atoms with Crippen LogP contribution in [0.4, 0.5) is 17.1 Å². The van der Waals surface area contributed by atoms with Gasteiger partial charge in [-0.25, -0.2) is 0 Å². The van der Waals surface area contributed by atoms with Gasteiger partial charge in [-0.05, 0) is 43.5 Å². The van der Waals surface area contributed by atoms with Gasteiger partial charge in [-0.3, -0.25) is 19.7 Å². The standard InChI is InChI=1S/C21H24N4O4/c1-14(16-6-5-7-17(12-16)23-15(2)26)22-21(27)19-13-18(25(28)29)8-9-20(19)24-10-3-4-11-24/h5-9,12-14H,3-4,10-11H2,1-2H3,(H,22,27)(H,23,26). The average molecular weight is 396 g/mol.